The lowest BCUT2D eigenvalue weighted by atomic mass is 10.0. The number of aromatic nitrogens is 1. The average Bonchev–Trinajstić information content (AvgIpc) is 2.69. The normalized spacial score (nSPS) is 12.6. The Hall–Kier alpha value is -0.230. The molecule has 96 valence electrons. The highest BCUT2D eigenvalue weighted by molar-refractivity contribution is 9.12. The Bertz CT molecular complexity index is 499. The molecule has 0 aromatic carbocycles. The van der Waals surface area contributed by atoms with Gasteiger partial charge in [-0.15, -0.1) is 11.3 Å². The predicted octanol–water partition coefficient (Wildman–Crippen LogP) is 4.56. The maximum Gasteiger partial charge on any atom is 0.0758 e. The number of nitrogens with zero attached hydrogens (tertiary/aromatic N) is 1. The van der Waals surface area contributed by atoms with Crippen LogP contribution in [0.5, 0.6) is 0 Å². The lowest BCUT2D eigenvalue weighted by Crippen LogP contribution is -2.22. The Morgan fingerprint density at radius 2 is 2.06 bits per heavy atom. The number of likely N-dealkylation sites (N-methyl/N-ethyl adjacent to an activating group) is 1. The van der Waals surface area contributed by atoms with E-state index in [1.54, 1.807) is 11.3 Å². The van der Waals surface area contributed by atoms with Crippen LogP contribution in [0.25, 0.3) is 0 Å². The van der Waals surface area contributed by atoms with Gasteiger partial charge in [0.25, 0.3) is 0 Å². The van der Waals surface area contributed by atoms with E-state index in [0.29, 0.717) is 6.04 Å². The van der Waals surface area contributed by atoms with E-state index in [1.807, 2.05) is 12.4 Å². The van der Waals surface area contributed by atoms with E-state index in [-0.39, 0.29) is 0 Å². The number of hydrogen-bond acceptors (Lipinski definition) is 3. The summed E-state index contributed by atoms with van der Waals surface area (Å²) in [6, 6.07) is 6.65. The van der Waals surface area contributed by atoms with E-state index in [0.717, 1.165) is 16.8 Å². The molecule has 0 radical (unpaired) electrons. The largest absolute Gasteiger partial charge is 0.310 e. The molecule has 0 aliphatic heterocycles. The molecule has 2 aromatic rings. The summed E-state index contributed by atoms with van der Waals surface area (Å²) in [4.78, 5) is 4.06. The van der Waals surface area contributed by atoms with Crippen LogP contribution in [0.4, 0.5) is 0 Å². The van der Waals surface area contributed by atoms with Gasteiger partial charge >= 0.3 is 0 Å². The van der Waals surface area contributed by atoms with Crippen molar-refractivity contribution in [1.29, 1.82) is 0 Å². The molecule has 0 spiro atoms. The van der Waals surface area contributed by atoms with Crippen LogP contribution in [0.2, 0.25) is 0 Å². The molecule has 5 heteroatoms. The number of nitrogens with one attached hydrogen (secondary N) is 1. The van der Waals surface area contributed by atoms with Gasteiger partial charge in [0.05, 0.1) is 7.57 Å². The molecular weight excluding hydrogens is 376 g/mol. The number of rotatable bonds is 5. The molecule has 0 aliphatic carbocycles. The zero-order chi connectivity index (χ0) is 13.0. The average molecular weight is 390 g/mol. The monoisotopic (exact) mass is 388 g/mol. The van der Waals surface area contributed by atoms with Crippen LogP contribution < -0.4 is 5.32 Å². The molecule has 1 N–H and O–H groups in total. The molecule has 0 fully saturated rings. The third-order valence-corrected chi connectivity index (χ3v) is 5.08. The zero-order valence-electron chi connectivity index (χ0n) is 9.99. The smallest absolute Gasteiger partial charge is 0.0758 e. The highest BCUT2D eigenvalue weighted by atomic mass is 79.9. The van der Waals surface area contributed by atoms with Gasteiger partial charge in [0, 0.05) is 18.4 Å². The first-order valence-electron chi connectivity index (χ1n) is 5.77. The lowest BCUT2D eigenvalue weighted by molar-refractivity contribution is 0.549. The fraction of sp³-hybridized carbons (Fsp3) is 0.308. The molecule has 0 bridgehead atoms. The van der Waals surface area contributed by atoms with Gasteiger partial charge in [-0.25, -0.2) is 0 Å². The van der Waals surface area contributed by atoms with E-state index < -0.39 is 0 Å². The van der Waals surface area contributed by atoms with Crippen molar-refractivity contribution in [2.45, 2.75) is 19.4 Å². The molecule has 2 rings (SSSR count). The third kappa shape index (κ3) is 3.63. The van der Waals surface area contributed by atoms with Crippen LogP contribution in [0.15, 0.2) is 38.2 Å². The Balaban J connectivity index is 2.21. The predicted molar refractivity (Wildman–Crippen MR) is 84.1 cm³/mol. The SMILES string of the molecule is CCNC(Cc1ccncc1)c1cc(Br)sc1Br. The van der Waals surface area contributed by atoms with Crippen molar-refractivity contribution < 1.29 is 0 Å². The van der Waals surface area contributed by atoms with Crippen molar-refractivity contribution in [2.24, 2.45) is 0 Å². The summed E-state index contributed by atoms with van der Waals surface area (Å²) in [5.74, 6) is 0. The molecule has 0 saturated heterocycles. The first-order chi connectivity index (χ1) is 8.70. The van der Waals surface area contributed by atoms with Gasteiger partial charge in [-0.2, -0.15) is 0 Å². The molecular formula is C13H14Br2N2S. The van der Waals surface area contributed by atoms with Gasteiger partial charge in [0.1, 0.15) is 0 Å². The molecule has 1 atom stereocenters. The fourth-order valence-electron chi connectivity index (χ4n) is 1.88. The Morgan fingerprint density at radius 3 is 2.61 bits per heavy atom. The Labute approximate surface area is 128 Å². The Kier molecular flexibility index (Phi) is 5.36. The molecule has 0 aliphatic rings. The second-order valence-corrected chi connectivity index (χ2v) is 7.70. The highest BCUT2D eigenvalue weighted by Crippen LogP contribution is 2.36. The molecule has 2 heterocycles. The maximum absolute atomic E-state index is 4.06. The van der Waals surface area contributed by atoms with Gasteiger partial charge in [0.15, 0.2) is 0 Å². The van der Waals surface area contributed by atoms with Crippen molar-refractivity contribution >= 4 is 43.2 Å². The van der Waals surface area contributed by atoms with Crippen LogP contribution >= 0.6 is 43.2 Å². The van der Waals surface area contributed by atoms with Gasteiger partial charge in [-0.3, -0.25) is 4.98 Å². The summed E-state index contributed by atoms with van der Waals surface area (Å²) in [5.41, 5.74) is 2.61. The summed E-state index contributed by atoms with van der Waals surface area (Å²) in [5, 5.41) is 3.54. The minimum absolute atomic E-state index is 0.328. The standard InChI is InChI=1S/C13H14Br2N2S/c1-2-17-11(7-9-3-5-16-6-4-9)10-8-12(14)18-13(10)15/h3-6,8,11,17H,2,7H2,1H3. The van der Waals surface area contributed by atoms with Crippen molar-refractivity contribution in [3.8, 4) is 0 Å². The number of thiophene rings is 1. The molecule has 1 unspecified atom stereocenters. The van der Waals surface area contributed by atoms with Crippen LogP contribution in [0.3, 0.4) is 0 Å². The van der Waals surface area contributed by atoms with E-state index in [1.165, 1.54) is 14.9 Å². The molecule has 2 aromatic heterocycles. The summed E-state index contributed by atoms with van der Waals surface area (Å²) in [6.07, 6.45) is 4.66. The fourth-order valence-corrected chi connectivity index (χ4v) is 4.86. The van der Waals surface area contributed by atoms with E-state index in [4.69, 9.17) is 0 Å². The highest BCUT2D eigenvalue weighted by Gasteiger charge is 2.16. The number of pyridine rings is 1. The quantitative estimate of drug-likeness (QED) is 0.810. The summed E-state index contributed by atoms with van der Waals surface area (Å²) in [6.45, 7) is 3.09. The summed E-state index contributed by atoms with van der Waals surface area (Å²) >= 11 is 8.89. The maximum atomic E-state index is 4.06. The Morgan fingerprint density at radius 1 is 1.33 bits per heavy atom. The second-order valence-electron chi connectivity index (χ2n) is 3.95. The second kappa shape index (κ2) is 6.80. The minimum atomic E-state index is 0.328. The van der Waals surface area contributed by atoms with Gasteiger partial charge in [0.2, 0.25) is 0 Å². The van der Waals surface area contributed by atoms with Crippen molar-refractivity contribution in [3.05, 3.63) is 49.3 Å². The van der Waals surface area contributed by atoms with E-state index >= 15 is 0 Å². The lowest BCUT2D eigenvalue weighted by Gasteiger charge is -2.17. The van der Waals surface area contributed by atoms with Crippen LogP contribution in [0, 0.1) is 0 Å². The van der Waals surface area contributed by atoms with Crippen LogP contribution in [-0.2, 0) is 6.42 Å². The van der Waals surface area contributed by atoms with Crippen molar-refractivity contribution in [3.63, 3.8) is 0 Å². The number of halogens is 2. The van der Waals surface area contributed by atoms with E-state index in [9.17, 15) is 0 Å². The van der Waals surface area contributed by atoms with Crippen LogP contribution in [0.1, 0.15) is 24.1 Å². The van der Waals surface area contributed by atoms with Crippen molar-refractivity contribution in [1.82, 2.24) is 10.3 Å². The minimum Gasteiger partial charge on any atom is -0.310 e. The van der Waals surface area contributed by atoms with Crippen molar-refractivity contribution in [2.75, 3.05) is 6.54 Å². The first-order valence-corrected chi connectivity index (χ1v) is 8.18. The van der Waals surface area contributed by atoms with Gasteiger partial charge in [-0.05, 0) is 74.2 Å². The summed E-state index contributed by atoms with van der Waals surface area (Å²) < 4.78 is 2.34. The molecule has 0 saturated carbocycles. The van der Waals surface area contributed by atoms with E-state index in [2.05, 4.69) is 67.3 Å². The first kappa shape index (κ1) is 14.2. The van der Waals surface area contributed by atoms with Gasteiger partial charge < -0.3 is 5.32 Å². The summed E-state index contributed by atoms with van der Waals surface area (Å²) in [7, 11) is 0. The van der Waals surface area contributed by atoms with Crippen LogP contribution in [-0.4, -0.2) is 11.5 Å². The van der Waals surface area contributed by atoms with Gasteiger partial charge in [-0.1, -0.05) is 6.92 Å². The molecule has 18 heavy (non-hydrogen) atoms. The zero-order valence-corrected chi connectivity index (χ0v) is 14.0. The third-order valence-electron chi connectivity index (χ3n) is 2.70. The molecule has 2 nitrogen and oxygen atoms in total. The molecule has 0 amide bonds. The topological polar surface area (TPSA) is 24.9 Å². The number of hydrogen-bond donors (Lipinski definition) is 1.